The van der Waals surface area contributed by atoms with Gasteiger partial charge in [0.15, 0.2) is 6.29 Å². The fourth-order valence-corrected chi connectivity index (χ4v) is 4.77. The van der Waals surface area contributed by atoms with Crippen LogP contribution in [0.2, 0.25) is 0 Å². The highest BCUT2D eigenvalue weighted by atomic mass is 16.8. The van der Waals surface area contributed by atoms with E-state index in [2.05, 4.69) is 0 Å². The van der Waals surface area contributed by atoms with Crippen LogP contribution in [-0.4, -0.2) is 110 Å². The van der Waals surface area contributed by atoms with E-state index in [1.807, 2.05) is 6.07 Å². The van der Waals surface area contributed by atoms with Crippen molar-refractivity contribution in [3.63, 3.8) is 0 Å². The largest absolute Gasteiger partial charge is 0.472 e. The van der Waals surface area contributed by atoms with Crippen molar-refractivity contribution in [2.75, 3.05) is 13.2 Å². The first-order chi connectivity index (χ1) is 17.2. The van der Waals surface area contributed by atoms with Gasteiger partial charge in [-0.2, -0.15) is 0 Å². The molecule has 4 rings (SSSR count). The lowest BCUT2D eigenvalue weighted by Crippen LogP contribution is -2.61. The third-order valence-electron chi connectivity index (χ3n) is 6.80. The first kappa shape index (κ1) is 26.7. The molecule has 12 nitrogen and oxygen atoms in total. The highest BCUT2D eigenvalue weighted by Gasteiger charge is 2.64. The average molecular weight is 510 g/mol. The molecule has 11 atom stereocenters. The third-order valence-corrected chi connectivity index (χ3v) is 6.80. The van der Waals surface area contributed by atoms with Crippen molar-refractivity contribution in [3.8, 4) is 0 Å². The molecule has 1 saturated heterocycles. The zero-order chi connectivity index (χ0) is 26.0. The Balaban J connectivity index is 1.49. The van der Waals surface area contributed by atoms with E-state index in [9.17, 15) is 40.5 Å². The number of carbonyl (C=O) groups excluding carboxylic acids is 1. The topological polar surface area (TPSA) is 196 Å². The molecule has 3 aliphatic rings. The van der Waals surface area contributed by atoms with Gasteiger partial charge >= 0.3 is 5.97 Å². The van der Waals surface area contributed by atoms with Gasteiger partial charge in [0.2, 0.25) is 6.29 Å². The van der Waals surface area contributed by atoms with Crippen molar-refractivity contribution in [2.45, 2.75) is 54.8 Å². The Morgan fingerprint density at radius 2 is 1.72 bits per heavy atom. The van der Waals surface area contributed by atoms with Crippen LogP contribution in [0, 0.1) is 11.8 Å². The van der Waals surface area contributed by atoms with Gasteiger partial charge in [0.05, 0.1) is 24.9 Å². The zero-order valence-corrected chi connectivity index (χ0v) is 19.1. The lowest BCUT2D eigenvalue weighted by Gasteiger charge is -2.44. The van der Waals surface area contributed by atoms with Crippen molar-refractivity contribution in [1.82, 2.24) is 0 Å². The fourth-order valence-electron chi connectivity index (χ4n) is 4.77. The summed E-state index contributed by atoms with van der Waals surface area (Å²) in [6, 6.07) is 8.93. The van der Waals surface area contributed by atoms with Gasteiger partial charge in [-0.1, -0.05) is 30.3 Å². The number of fused-ring (bicyclic) bond motifs is 1. The summed E-state index contributed by atoms with van der Waals surface area (Å²) in [6.45, 7) is -1.41. The molecule has 7 N–H and O–H groups in total. The Morgan fingerprint density at radius 3 is 2.42 bits per heavy atom. The molecule has 1 saturated carbocycles. The fraction of sp³-hybridized carbons (Fsp3) is 0.542. The van der Waals surface area contributed by atoms with Crippen LogP contribution < -0.4 is 0 Å². The van der Waals surface area contributed by atoms with Crippen molar-refractivity contribution in [3.05, 3.63) is 54.3 Å². The summed E-state index contributed by atoms with van der Waals surface area (Å²) in [6.07, 6.45) is -7.38. The molecule has 2 unspecified atom stereocenters. The standard InChI is InChI=1S/C24H30O12/c25-10-14-18(28)19(29)20(30)23(35-14)36-22-16-13(8-9-33-22)17(27)21(31)24(16,32)11-34-15(26)7-6-12-4-2-1-3-5-12/h1-9,13-14,16-23,25,27-32H,10-11H2/b7-6+/t13?,14-,16?,17+,18-,19+,20-,21+,22+,23+,24+/m1/s1. The minimum absolute atomic E-state index is 0.684. The lowest BCUT2D eigenvalue weighted by molar-refractivity contribution is -0.348. The van der Waals surface area contributed by atoms with Crippen molar-refractivity contribution >= 4 is 12.0 Å². The predicted molar refractivity (Wildman–Crippen MR) is 119 cm³/mol. The van der Waals surface area contributed by atoms with Crippen LogP contribution >= 0.6 is 0 Å². The quantitative estimate of drug-likeness (QED) is 0.152. The molecule has 12 heteroatoms. The second-order valence-corrected chi connectivity index (χ2v) is 9.05. The number of ether oxygens (including phenoxy) is 4. The minimum Gasteiger partial charge on any atom is -0.472 e. The maximum Gasteiger partial charge on any atom is 0.330 e. The maximum atomic E-state index is 12.3. The Morgan fingerprint density at radius 1 is 1.00 bits per heavy atom. The van der Waals surface area contributed by atoms with Crippen LogP contribution in [0.25, 0.3) is 6.08 Å². The molecule has 0 aromatic heterocycles. The highest BCUT2D eigenvalue weighted by molar-refractivity contribution is 5.87. The van der Waals surface area contributed by atoms with Crippen LogP contribution in [0.5, 0.6) is 0 Å². The molecule has 2 aliphatic heterocycles. The summed E-state index contributed by atoms with van der Waals surface area (Å²) in [5, 5.41) is 72.3. The highest BCUT2D eigenvalue weighted by Crippen LogP contribution is 2.47. The number of hydrogen-bond acceptors (Lipinski definition) is 12. The number of rotatable bonds is 7. The van der Waals surface area contributed by atoms with Crippen LogP contribution in [0.4, 0.5) is 0 Å². The summed E-state index contributed by atoms with van der Waals surface area (Å²) in [5.74, 6) is -2.91. The van der Waals surface area contributed by atoms with Gasteiger partial charge in [-0.05, 0) is 17.7 Å². The minimum atomic E-state index is -2.23. The molecule has 0 bridgehead atoms. The van der Waals surface area contributed by atoms with Gasteiger partial charge in [-0.25, -0.2) is 4.79 Å². The molecule has 2 fully saturated rings. The molecule has 36 heavy (non-hydrogen) atoms. The van der Waals surface area contributed by atoms with Gasteiger partial charge < -0.3 is 54.7 Å². The Hall–Kier alpha value is -2.39. The molecule has 2 heterocycles. The molecule has 0 spiro atoms. The SMILES string of the molecule is O=C(/C=C/c1ccccc1)OC[C@]1(O)C2C(C=CO[C@H]2O[C@@H]2O[C@H](CO)[C@@H](O)[C@H](O)[C@H]2O)[C@H](O)[C@@H]1O. The van der Waals surface area contributed by atoms with E-state index >= 15 is 0 Å². The smallest absolute Gasteiger partial charge is 0.330 e. The number of aliphatic hydroxyl groups excluding tert-OH is 6. The van der Waals surface area contributed by atoms with Crippen molar-refractivity contribution in [1.29, 1.82) is 0 Å². The van der Waals surface area contributed by atoms with Gasteiger partial charge in [0.25, 0.3) is 0 Å². The summed E-state index contributed by atoms with van der Waals surface area (Å²) in [7, 11) is 0. The number of aliphatic hydroxyl groups is 7. The molecule has 1 aromatic carbocycles. The predicted octanol–water partition coefficient (Wildman–Crippen LogP) is -2.37. The zero-order valence-electron chi connectivity index (χ0n) is 19.1. The van der Waals surface area contributed by atoms with Crippen LogP contribution in [0.1, 0.15) is 5.56 Å². The molecule has 0 radical (unpaired) electrons. The Kier molecular flexibility index (Phi) is 8.09. The molecular formula is C24H30O12. The second kappa shape index (κ2) is 10.9. The Bertz CT molecular complexity index is 952. The summed E-state index contributed by atoms with van der Waals surface area (Å²) in [4.78, 5) is 12.3. The number of hydrogen-bond donors (Lipinski definition) is 7. The van der Waals surface area contributed by atoms with Gasteiger partial charge in [0, 0.05) is 12.0 Å². The first-order valence-electron chi connectivity index (χ1n) is 11.4. The molecule has 1 aliphatic carbocycles. The monoisotopic (exact) mass is 510 g/mol. The van der Waals surface area contributed by atoms with E-state index in [4.69, 9.17) is 18.9 Å². The lowest BCUT2D eigenvalue weighted by atomic mass is 9.83. The van der Waals surface area contributed by atoms with E-state index in [1.165, 1.54) is 18.4 Å². The van der Waals surface area contributed by atoms with Gasteiger partial charge in [-0.15, -0.1) is 0 Å². The third kappa shape index (κ3) is 5.05. The van der Waals surface area contributed by atoms with Gasteiger partial charge in [0.1, 0.15) is 42.7 Å². The molecular weight excluding hydrogens is 480 g/mol. The summed E-state index contributed by atoms with van der Waals surface area (Å²) < 4.78 is 21.6. The van der Waals surface area contributed by atoms with E-state index in [0.29, 0.717) is 0 Å². The van der Waals surface area contributed by atoms with E-state index < -0.39 is 85.8 Å². The van der Waals surface area contributed by atoms with E-state index in [-0.39, 0.29) is 0 Å². The van der Waals surface area contributed by atoms with E-state index in [0.717, 1.165) is 11.6 Å². The summed E-state index contributed by atoms with van der Waals surface area (Å²) >= 11 is 0. The van der Waals surface area contributed by atoms with E-state index in [1.54, 1.807) is 24.3 Å². The second-order valence-electron chi connectivity index (χ2n) is 9.05. The van der Waals surface area contributed by atoms with Gasteiger partial charge in [-0.3, -0.25) is 0 Å². The van der Waals surface area contributed by atoms with Crippen LogP contribution in [-0.2, 0) is 23.7 Å². The molecule has 1 aromatic rings. The van der Waals surface area contributed by atoms with Crippen LogP contribution in [0.15, 0.2) is 48.7 Å². The molecule has 0 amide bonds. The normalized spacial score (nSPS) is 42.2. The number of esters is 1. The molecule has 198 valence electrons. The maximum absolute atomic E-state index is 12.3. The average Bonchev–Trinajstić information content (AvgIpc) is 3.09. The number of benzene rings is 1. The van der Waals surface area contributed by atoms with Crippen molar-refractivity contribution < 1.29 is 59.5 Å². The Labute approximate surface area is 206 Å². The summed E-state index contributed by atoms with van der Waals surface area (Å²) in [5.41, 5.74) is -1.49. The first-order valence-corrected chi connectivity index (χ1v) is 11.4. The van der Waals surface area contributed by atoms with Crippen molar-refractivity contribution in [2.24, 2.45) is 11.8 Å². The number of carbonyl (C=O) groups is 1. The van der Waals surface area contributed by atoms with Crippen LogP contribution in [0.3, 0.4) is 0 Å².